The third kappa shape index (κ3) is 5.24. The molecule has 0 aromatic heterocycles. The first-order valence-corrected chi connectivity index (χ1v) is 8.52. The van der Waals surface area contributed by atoms with E-state index in [9.17, 15) is 14.7 Å². The Morgan fingerprint density at radius 1 is 1.00 bits per heavy atom. The summed E-state index contributed by atoms with van der Waals surface area (Å²) >= 11 is 0. The molecule has 1 amide bonds. The zero-order valence-corrected chi connectivity index (χ0v) is 14.9. The summed E-state index contributed by atoms with van der Waals surface area (Å²) in [7, 11) is 0. The third-order valence-corrected chi connectivity index (χ3v) is 3.69. The number of carbonyl (C=O) groups excluding carboxylic acids is 1. The van der Waals surface area contributed by atoms with Crippen LogP contribution >= 0.6 is 0 Å². The first kappa shape index (κ1) is 19.3. The van der Waals surface area contributed by atoms with Gasteiger partial charge in [0.1, 0.15) is 0 Å². The molecule has 0 aliphatic heterocycles. The Hall–Kier alpha value is -3.02. The van der Waals surface area contributed by atoms with Crippen LogP contribution in [-0.4, -0.2) is 30.2 Å². The van der Waals surface area contributed by atoms with Crippen molar-refractivity contribution in [1.82, 2.24) is 5.32 Å². The van der Waals surface area contributed by atoms with E-state index in [-0.39, 0.29) is 12.3 Å². The molecule has 0 saturated carbocycles. The van der Waals surface area contributed by atoms with Gasteiger partial charge in [-0.2, -0.15) is 0 Å². The second-order valence-electron chi connectivity index (χ2n) is 5.56. The van der Waals surface area contributed by atoms with E-state index in [0.29, 0.717) is 35.8 Å². The van der Waals surface area contributed by atoms with Crippen LogP contribution < -0.4 is 14.8 Å². The topological polar surface area (TPSA) is 84.9 Å². The number of carboxylic acids is 1. The molecule has 1 atom stereocenters. The largest absolute Gasteiger partial charge is 0.490 e. The Kier molecular flexibility index (Phi) is 7.02. The van der Waals surface area contributed by atoms with Crippen molar-refractivity contribution in [1.29, 1.82) is 0 Å². The molecule has 0 fully saturated rings. The molecule has 2 aromatic carbocycles. The minimum absolute atomic E-state index is 0.238. The minimum Gasteiger partial charge on any atom is -0.490 e. The van der Waals surface area contributed by atoms with E-state index in [1.165, 1.54) is 0 Å². The minimum atomic E-state index is -1.00. The maximum atomic E-state index is 12.4. The van der Waals surface area contributed by atoms with Crippen molar-refractivity contribution in [3.8, 4) is 11.5 Å². The average Bonchev–Trinajstić information content (AvgIpc) is 2.63. The highest BCUT2D eigenvalue weighted by Gasteiger charge is 2.20. The summed E-state index contributed by atoms with van der Waals surface area (Å²) in [5, 5.41) is 12.0. The normalized spacial score (nSPS) is 11.5. The van der Waals surface area contributed by atoms with Crippen LogP contribution in [0, 0.1) is 0 Å². The monoisotopic (exact) mass is 357 g/mol. The van der Waals surface area contributed by atoms with Crippen LogP contribution in [0.25, 0.3) is 0 Å². The van der Waals surface area contributed by atoms with Crippen LogP contribution in [0.2, 0.25) is 0 Å². The molecule has 0 aliphatic carbocycles. The molecule has 0 aliphatic rings. The van der Waals surface area contributed by atoms with Gasteiger partial charge in [-0.25, -0.2) is 0 Å². The van der Waals surface area contributed by atoms with Gasteiger partial charge >= 0.3 is 5.97 Å². The Bertz CT molecular complexity index is 745. The van der Waals surface area contributed by atoms with Crippen LogP contribution in [0.1, 0.15) is 42.2 Å². The first-order chi connectivity index (χ1) is 12.5. The summed E-state index contributed by atoms with van der Waals surface area (Å²) in [5.74, 6) is -0.225. The second-order valence-corrected chi connectivity index (χ2v) is 5.56. The van der Waals surface area contributed by atoms with Crippen molar-refractivity contribution in [2.75, 3.05) is 13.2 Å². The summed E-state index contributed by atoms with van der Waals surface area (Å²) in [5.41, 5.74) is 1.11. The van der Waals surface area contributed by atoms with E-state index in [2.05, 4.69) is 5.32 Å². The van der Waals surface area contributed by atoms with Gasteiger partial charge in [0.2, 0.25) is 0 Å². The lowest BCUT2D eigenvalue weighted by Crippen LogP contribution is -2.30. The molecule has 0 radical (unpaired) electrons. The van der Waals surface area contributed by atoms with Crippen LogP contribution in [0.3, 0.4) is 0 Å². The molecular weight excluding hydrogens is 334 g/mol. The van der Waals surface area contributed by atoms with E-state index in [4.69, 9.17) is 9.47 Å². The van der Waals surface area contributed by atoms with Gasteiger partial charge in [-0.3, -0.25) is 9.59 Å². The quantitative estimate of drug-likeness (QED) is 0.718. The van der Waals surface area contributed by atoms with Crippen molar-refractivity contribution in [3.63, 3.8) is 0 Å². The summed E-state index contributed by atoms with van der Waals surface area (Å²) in [6.45, 7) is 4.66. The molecule has 2 rings (SSSR count). The van der Waals surface area contributed by atoms with Crippen molar-refractivity contribution < 1.29 is 24.2 Å². The van der Waals surface area contributed by atoms with Gasteiger partial charge in [0.05, 0.1) is 25.7 Å². The van der Waals surface area contributed by atoms with Crippen molar-refractivity contribution >= 4 is 11.9 Å². The lowest BCUT2D eigenvalue weighted by molar-refractivity contribution is -0.137. The number of ether oxygens (including phenoxy) is 2. The molecule has 138 valence electrons. The fraction of sp³-hybridized carbons (Fsp3) is 0.300. The van der Waals surface area contributed by atoms with Crippen molar-refractivity contribution in [3.05, 3.63) is 59.7 Å². The van der Waals surface area contributed by atoms with Crippen LogP contribution in [0.4, 0.5) is 0 Å². The molecule has 2 N–H and O–H groups in total. The molecule has 6 nitrogen and oxygen atoms in total. The lowest BCUT2D eigenvalue weighted by atomic mass is 10.0. The highest BCUT2D eigenvalue weighted by Crippen LogP contribution is 2.31. The molecule has 1 unspecified atom stereocenters. The molecule has 0 spiro atoms. The summed E-state index contributed by atoms with van der Waals surface area (Å²) in [6.07, 6.45) is -0.238. The molecule has 2 aromatic rings. The highest BCUT2D eigenvalue weighted by molar-refractivity contribution is 5.94. The van der Waals surface area contributed by atoms with Gasteiger partial charge in [-0.1, -0.05) is 24.3 Å². The number of aliphatic carboxylic acids is 1. The molecule has 6 heteroatoms. The maximum Gasteiger partial charge on any atom is 0.305 e. The number of benzene rings is 2. The van der Waals surface area contributed by atoms with E-state index in [0.717, 1.165) is 0 Å². The molecule has 26 heavy (non-hydrogen) atoms. The third-order valence-electron chi connectivity index (χ3n) is 3.69. The summed E-state index contributed by atoms with van der Waals surface area (Å²) < 4.78 is 11.1. The summed E-state index contributed by atoms with van der Waals surface area (Å²) in [4.78, 5) is 23.7. The van der Waals surface area contributed by atoms with Crippen molar-refractivity contribution in [2.24, 2.45) is 0 Å². The number of amides is 1. The van der Waals surface area contributed by atoms with Gasteiger partial charge in [0.15, 0.2) is 11.5 Å². The molecular formula is C20H23NO5. The highest BCUT2D eigenvalue weighted by atomic mass is 16.5. The van der Waals surface area contributed by atoms with E-state index >= 15 is 0 Å². The predicted molar refractivity (Wildman–Crippen MR) is 97.7 cm³/mol. The fourth-order valence-corrected chi connectivity index (χ4v) is 2.54. The van der Waals surface area contributed by atoms with Crippen molar-refractivity contribution in [2.45, 2.75) is 26.3 Å². The predicted octanol–water partition coefficient (Wildman–Crippen LogP) is 3.43. The van der Waals surface area contributed by atoms with E-state index < -0.39 is 12.0 Å². The molecule has 0 bridgehead atoms. The van der Waals surface area contributed by atoms with E-state index in [1.807, 2.05) is 19.9 Å². The number of rotatable bonds is 9. The number of carboxylic acid groups (broad SMARTS) is 1. The summed E-state index contributed by atoms with van der Waals surface area (Å²) in [6, 6.07) is 13.2. The van der Waals surface area contributed by atoms with Crippen LogP contribution in [0.5, 0.6) is 11.5 Å². The first-order valence-electron chi connectivity index (χ1n) is 8.52. The SMILES string of the molecule is CCOc1ccc(C(CC(=O)O)NC(=O)c2ccccc2)cc1OCC. The van der Waals surface area contributed by atoms with Gasteiger partial charge in [0, 0.05) is 5.56 Å². The second kappa shape index (κ2) is 9.46. The standard InChI is InChI=1S/C20H23NO5/c1-3-25-17-11-10-15(12-18(17)26-4-2)16(13-19(22)23)21-20(24)14-8-6-5-7-9-14/h5-12,16H,3-4,13H2,1-2H3,(H,21,24)(H,22,23). The van der Waals surface area contributed by atoms with Gasteiger partial charge < -0.3 is 19.9 Å². The Balaban J connectivity index is 2.29. The molecule has 0 saturated heterocycles. The molecule has 0 heterocycles. The Labute approximate surface area is 152 Å². The smallest absolute Gasteiger partial charge is 0.305 e. The van der Waals surface area contributed by atoms with Crippen LogP contribution in [-0.2, 0) is 4.79 Å². The average molecular weight is 357 g/mol. The van der Waals surface area contributed by atoms with E-state index in [1.54, 1.807) is 42.5 Å². The zero-order valence-electron chi connectivity index (χ0n) is 14.9. The maximum absolute atomic E-state index is 12.4. The lowest BCUT2D eigenvalue weighted by Gasteiger charge is -2.20. The van der Waals surface area contributed by atoms with Gasteiger partial charge in [-0.15, -0.1) is 0 Å². The van der Waals surface area contributed by atoms with Gasteiger partial charge in [0.25, 0.3) is 5.91 Å². The Morgan fingerprint density at radius 2 is 1.65 bits per heavy atom. The van der Waals surface area contributed by atoms with Gasteiger partial charge in [-0.05, 0) is 43.7 Å². The number of hydrogen-bond acceptors (Lipinski definition) is 4. The Morgan fingerprint density at radius 3 is 2.27 bits per heavy atom. The fourth-order valence-electron chi connectivity index (χ4n) is 2.54. The zero-order chi connectivity index (χ0) is 18.9. The number of carbonyl (C=O) groups is 2. The van der Waals surface area contributed by atoms with Crippen LogP contribution in [0.15, 0.2) is 48.5 Å². The number of nitrogens with one attached hydrogen (secondary N) is 1. The number of hydrogen-bond donors (Lipinski definition) is 2.